The monoisotopic (exact) mass is 440 g/mol. The Morgan fingerprint density at radius 1 is 1.03 bits per heavy atom. The van der Waals surface area contributed by atoms with E-state index in [0.717, 1.165) is 42.5 Å². The number of benzene rings is 2. The number of fused-ring (bicyclic) bond motifs is 3. The minimum absolute atomic E-state index is 0.00938. The summed E-state index contributed by atoms with van der Waals surface area (Å²) in [5.74, 6) is 0.152. The van der Waals surface area contributed by atoms with Crippen molar-refractivity contribution in [1.82, 2.24) is 19.5 Å². The minimum Gasteiger partial charge on any atom is -0.351 e. The van der Waals surface area contributed by atoms with Crippen LogP contribution in [-0.2, 0) is 19.4 Å². The number of aryl methyl sites for hydroxylation is 2. The molecule has 1 atom stereocenters. The van der Waals surface area contributed by atoms with Gasteiger partial charge < -0.3 is 9.88 Å². The summed E-state index contributed by atoms with van der Waals surface area (Å²) in [6.07, 6.45) is 7.77. The SMILES string of the molecule is CC(CNC(=O)c1ccc(Cn2ccn3nc4c(c3c2=O)CCCC4)cc1)c1ccccc1. The quantitative estimate of drug-likeness (QED) is 0.494. The smallest absolute Gasteiger partial charge is 0.277 e. The van der Waals surface area contributed by atoms with Gasteiger partial charge in [0.2, 0.25) is 0 Å². The second-order valence-corrected chi connectivity index (χ2v) is 8.88. The van der Waals surface area contributed by atoms with Crippen LogP contribution in [0.3, 0.4) is 0 Å². The van der Waals surface area contributed by atoms with E-state index in [0.29, 0.717) is 24.2 Å². The fraction of sp³-hybridized carbons (Fsp3) is 0.296. The maximum Gasteiger partial charge on any atom is 0.277 e. The van der Waals surface area contributed by atoms with E-state index in [9.17, 15) is 9.59 Å². The Labute approximate surface area is 192 Å². The first-order valence-electron chi connectivity index (χ1n) is 11.6. The van der Waals surface area contributed by atoms with Gasteiger partial charge >= 0.3 is 0 Å². The molecule has 0 aliphatic heterocycles. The topological polar surface area (TPSA) is 68.4 Å². The van der Waals surface area contributed by atoms with Gasteiger partial charge in [-0.2, -0.15) is 5.10 Å². The van der Waals surface area contributed by atoms with Crippen LogP contribution in [0.25, 0.3) is 5.52 Å². The van der Waals surface area contributed by atoms with E-state index >= 15 is 0 Å². The average Bonchev–Trinajstić information content (AvgIpc) is 3.24. The number of aromatic nitrogens is 3. The second-order valence-electron chi connectivity index (χ2n) is 8.88. The zero-order valence-corrected chi connectivity index (χ0v) is 18.8. The predicted octanol–water partition coefficient (Wildman–Crippen LogP) is 3.96. The Morgan fingerprint density at radius 2 is 1.79 bits per heavy atom. The predicted molar refractivity (Wildman–Crippen MR) is 129 cm³/mol. The lowest BCUT2D eigenvalue weighted by atomic mass is 9.97. The molecule has 5 rings (SSSR count). The third kappa shape index (κ3) is 4.33. The molecule has 0 radical (unpaired) electrons. The molecule has 2 aromatic carbocycles. The van der Waals surface area contributed by atoms with Crippen LogP contribution >= 0.6 is 0 Å². The summed E-state index contributed by atoms with van der Waals surface area (Å²) in [7, 11) is 0. The maximum atomic E-state index is 13.1. The van der Waals surface area contributed by atoms with Gasteiger partial charge in [0.05, 0.1) is 12.2 Å². The van der Waals surface area contributed by atoms with Gasteiger partial charge in [-0.15, -0.1) is 0 Å². The molecule has 0 bridgehead atoms. The molecule has 2 heterocycles. The molecular formula is C27H28N4O2. The van der Waals surface area contributed by atoms with Crippen molar-refractivity contribution in [2.45, 2.75) is 45.1 Å². The molecule has 1 N–H and O–H groups in total. The first-order chi connectivity index (χ1) is 16.1. The van der Waals surface area contributed by atoms with Gasteiger partial charge in [-0.05, 0) is 54.9 Å². The fourth-order valence-electron chi connectivity index (χ4n) is 4.59. The summed E-state index contributed by atoms with van der Waals surface area (Å²) in [5.41, 5.74) is 5.66. The molecule has 1 aliphatic rings. The Hall–Kier alpha value is -3.67. The number of amides is 1. The zero-order valence-electron chi connectivity index (χ0n) is 18.8. The van der Waals surface area contributed by atoms with Crippen LogP contribution in [0.1, 0.15) is 58.4 Å². The average molecular weight is 441 g/mol. The standard InChI is InChI=1S/C27H28N4O2/c1-19(21-7-3-2-4-8-21)17-28-26(32)22-13-11-20(12-14-22)18-30-15-16-31-25(27(30)33)23-9-5-6-10-24(23)29-31/h2-4,7-8,11-16,19H,5-6,9-10,17-18H2,1H3,(H,28,32). The van der Waals surface area contributed by atoms with E-state index in [1.807, 2.05) is 48.7 Å². The van der Waals surface area contributed by atoms with Gasteiger partial charge in [-0.3, -0.25) is 9.59 Å². The highest BCUT2D eigenvalue weighted by molar-refractivity contribution is 5.94. The number of carbonyl (C=O) groups is 1. The number of hydrogen-bond donors (Lipinski definition) is 1. The van der Waals surface area contributed by atoms with Crippen molar-refractivity contribution in [3.63, 3.8) is 0 Å². The number of rotatable bonds is 6. The number of nitrogens with one attached hydrogen (secondary N) is 1. The molecule has 0 fully saturated rings. The highest BCUT2D eigenvalue weighted by Gasteiger charge is 2.19. The lowest BCUT2D eigenvalue weighted by molar-refractivity contribution is 0.0951. The first kappa shape index (κ1) is 21.2. The van der Waals surface area contributed by atoms with E-state index in [-0.39, 0.29) is 17.4 Å². The minimum atomic E-state index is -0.0891. The summed E-state index contributed by atoms with van der Waals surface area (Å²) in [6.45, 7) is 3.14. The van der Waals surface area contributed by atoms with Gasteiger partial charge in [-0.25, -0.2) is 4.52 Å². The third-order valence-corrected chi connectivity index (χ3v) is 6.54. The molecule has 0 spiro atoms. The summed E-state index contributed by atoms with van der Waals surface area (Å²) < 4.78 is 3.46. The van der Waals surface area contributed by atoms with Crippen molar-refractivity contribution in [3.8, 4) is 0 Å². The van der Waals surface area contributed by atoms with E-state index in [1.54, 1.807) is 15.3 Å². The Balaban J connectivity index is 1.27. The number of hydrogen-bond acceptors (Lipinski definition) is 3. The summed E-state index contributed by atoms with van der Waals surface area (Å²) >= 11 is 0. The van der Waals surface area contributed by atoms with Crippen LogP contribution in [0.4, 0.5) is 0 Å². The van der Waals surface area contributed by atoms with Gasteiger partial charge in [0, 0.05) is 30.1 Å². The van der Waals surface area contributed by atoms with Crippen LogP contribution in [0.2, 0.25) is 0 Å². The highest BCUT2D eigenvalue weighted by atomic mass is 16.1. The first-order valence-corrected chi connectivity index (χ1v) is 11.6. The molecule has 0 saturated heterocycles. The Morgan fingerprint density at radius 3 is 2.58 bits per heavy atom. The highest BCUT2D eigenvalue weighted by Crippen LogP contribution is 2.22. The summed E-state index contributed by atoms with van der Waals surface area (Å²) in [6, 6.07) is 17.6. The van der Waals surface area contributed by atoms with Crippen molar-refractivity contribution in [1.29, 1.82) is 0 Å². The molecular weight excluding hydrogens is 412 g/mol. The van der Waals surface area contributed by atoms with Gasteiger partial charge in [0.1, 0.15) is 5.52 Å². The van der Waals surface area contributed by atoms with E-state index in [1.165, 1.54) is 5.56 Å². The van der Waals surface area contributed by atoms with E-state index in [4.69, 9.17) is 0 Å². The normalized spacial score (nSPS) is 14.1. The van der Waals surface area contributed by atoms with Crippen LogP contribution in [0.5, 0.6) is 0 Å². The Bertz CT molecular complexity index is 1340. The molecule has 0 saturated carbocycles. The zero-order chi connectivity index (χ0) is 22.8. The van der Waals surface area contributed by atoms with Crippen molar-refractivity contribution >= 4 is 11.4 Å². The molecule has 33 heavy (non-hydrogen) atoms. The van der Waals surface area contributed by atoms with E-state index < -0.39 is 0 Å². The van der Waals surface area contributed by atoms with Crippen LogP contribution in [0.15, 0.2) is 71.8 Å². The molecule has 6 nitrogen and oxygen atoms in total. The molecule has 1 aliphatic carbocycles. The maximum absolute atomic E-state index is 13.1. The van der Waals surface area contributed by atoms with Crippen LogP contribution in [-0.4, -0.2) is 26.6 Å². The molecule has 1 amide bonds. The molecule has 6 heteroatoms. The van der Waals surface area contributed by atoms with Crippen molar-refractivity contribution in [3.05, 3.63) is 105 Å². The molecule has 4 aromatic rings. The van der Waals surface area contributed by atoms with Crippen molar-refractivity contribution in [2.24, 2.45) is 0 Å². The largest absolute Gasteiger partial charge is 0.351 e. The van der Waals surface area contributed by atoms with E-state index in [2.05, 4.69) is 29.5 Å². The molecule has 168 valence electrons. The third-order valence-electron chi connectivity index (χ3n) is 6.54. The van der Waals surface area contributed by atoms with Gasteiger partial charge in [-0.1, -0.05) is 49.4 Å². The molecule has 1 unspecified atom stereocenters. The summed E-state index contributed by atoms with van der Waals surface area (Å²) in [4.78, 5) is 25.7. The lowest BCUT2D eigenvalue weighted by Crippen LogP contribution is -2.27. The summed E-state index contributed by atoms with van der Waals surface area (Å²) in [5, 5.41) is 7.62. The van der Waals surface area contributed by atoms with Crippen LogP contribution in [0, 0.1) is 0 Å². The Kier molecular flexibility index (Phi) is 5.82. The number of nitrogens with zero attached hydrogens (tertiary/aromatic N) is 3. The second kappa shape index (κ2) is 9.06. The van der Waals surface area contributed by atoms with Gasteiger partial charge in [0.15, 0.2) is 0 Å². The van der Waals surface area contributed by atoms with Crippen molar-refractivity contribution in [2.75, 3.05) is 6.54 Å². The van der Waals surface area contributed by atoms with Gasteiger partial charge in [0.25, 0.3) is 11.5 Å². The fourth-order valence-corrected chi connectivity index (χ4v) is 4.59. The molecule has 2 aromatic heterocycles. The lowest BCUT2D eigenvalue weighted by Gasteiger charge is -2.13. The number of carbonyl (C=O) groups excluding carboxylic acids is 1. The van der Waals surface area contributed by atoms with Crippen molar-refractivity contribution < 1.29 is 4.79 Å². The van der Waals surface area contributed by atoms with Crippen LogP contribution < -0.4 is 10.9 Å².